The molecule has 0 saturated carbocycles. The summed E-state index contributed by atoms with van der Waals surface area (Å²) in [4.78, 5) is 5.55. The number of nitrogens with one attached hydrogen (secondary N) is 1. The largest absolute Gasteiger partial charge is 0.490 e. The summed E-state index contributed by atoms with van der Waals surface area (Å²) in [6.45, 7) is 10.3. The van der Waals surface area contributed by atoms with Crippen LogP contribution >= 0.6 is 22.9 Å². The molecule has 0 fully saturated rings. The highest BCUT2D eigenvalue weighted by Gasteiger charge is 2.13. The summed E-state index contributed by atoms with van der Waals surface area (Å²) in [6, 6.07) is 3.65. The van der Waals surface area contributed by atoms with E-state index in [4.69, 9.17) is 21.1 Å². The molecule has 0 spiro atoms. The highest BCUT2D eigenvalue weighted by molar-refractivity contribution is 7.15. The molecule has 5 nitrogen and oxygen atoms in total. The smallest absolute Gasteiger partial charge is 0.203 e. The van der Waals surface area contributed by atoms with Crippen molar-refractivity contribution in [2.45, 2.75) is 40.7 Å². The molecule has 24 heavy (non-hydrogen) atoms. The first-order chi connectivity index (χ1) is 11.4. The van der Waals surface area contributed by atoms with E-state index in [-0.39, 0.29) is 6.10 Å². The number of nitrogens with zero attached hydrogens (tertiary/aromatic N) is 2. The minimum Gasteiger partial charge on any atom is -0.490 e. The lowest BCUT2D eigenvalue weighted by atomic mass is 10.2. The van der Waals surface area contributed by atoms with Crippen LogP contribution in [0.25, 0.3) is 0 Å². The van der Waals surface area contributed by atoms with Gasteiger partial charge in [-0.25, -0.2) is 4.98 Å². The number of halogens is 1. The Morgan fingerprint density at radius 1 is 1.38 bits per heavy atom. The van der Waals surface area contributed by atoms with Crippen molar-refractivity contribution in [3.05, 3.63) is 33.3 Å². The van der Waals surface area contributed by atoms with Gasteiger partial charge in [0.15, 0.2) is 11.5 Å². The lowest BCUT2D eigenvalue weighted by Gasteiger charge is -2.16. The SMILES string of the molecule is CCOc1cc(/C=N\Nc2nc(C)c(C)s2)cc(Cl)c1OC(C)C. The van der Waals surface area contributed by atoms with Crippen molar-refractivity contribution in [3.63, 3.8) is 0 Å². The lowest BCUT2D eigenvalue weighted by molar-refractivity contribution is 0.224. The summed E-state index contributed by atoms with van der Waals surface area (Å²) in [5, 5.41) is 5.48. The molecule has 0 bridgehead atoms. The van der Waals surface area contributed by atoms with Crippen LogP contribution in [0.5, 0.6) is 11.5 Å². The zero-order valence-electron chi connectivity index (χ0n) is 14.5. The Morgan fingerprint density at radius 2 is 2.12 bits per heavy atom. The minimum absolute atomic E-state index is 0.0132. The molecule has 0 aliphatic rings. The van der Waals surface area contributed by atoms with Gasteiger partial charge in [-0.15, -0.1) is 11.3 Å². The maximum atomic E-state index is 6.34. The predicted octanol–water partition coefficient (Wildman–Crippen LogP) is 5.05. The molecule has 1 aromatic heterocycles. The van der Waals surface area contributed by atoms with Gasteiger partial charge in [0.25, 0.3) is 0 Å². The molecule has 1 N–H and O–H groups in total. The van der Waals surface area contributed by atoms with Crippen LogP contribution in [0.1, 0.15) is 36.9 Å². The van der Waals surface area contributed by atoms with Crippen molar-refractivity contribution >= 4 is 34.3 Å². The Bertz CT molecular complexity index is 709. The molecule has 0 aliphatic carbocycles. The van der Waals surface area contributed by atoms with E-state index < -0.39 is 0 Å². The summed E-state index contributed by atoms with van der Waals surface area (Å²) in [7, 11) is 0. The van der Waals surface area contributed by atoms with E-state index in [1.807, 2.05) is 40.7 Å². The summed E-state index contributed by atoms with van der Waals surface area (Å²) in [5.41, 5.74) is 4.76. The average Bonchev–Trinajstić information content (AvgIpc) is 2.81. The number of hydrogen-bond donors (Lipinski definition) is 1. The van der Waals surface area contributed by atoms with Gasteiger partial charge in [0.1, 0.15) is 0 Å². The fourth-order valence-corrected chi connectivity index (χ4v) is 2.99. The van der Waals surface area contributed by atoms with Gasteiger partial charge in [-0.1, -0.05) is 11.6 Å². The molecule has 0 aliphatic heterocycles. The van der Waals surface area contributed by atoms with E-state index in [0.29, 0.717) is 23.1 Å². The molecule has 2 aromatic rings. The fourth-order valence-electron chi connectivity index (χ4n) is 1.96. The second kappa shape index (κ2) is 8.35. The van der Waals surface area contributed by atoms with Gasteiger partial charge in [0.05, 0.1) is 29.6 Å². The molecule has 0 unspecified atom stereocenters. The van der Waals surface area contributed by atoms with E-state index in [1.165, 1.54) is 4.88 Å². The normalized spacial score (nSPS) is 11.3. The summed E-state index contributed by atoms with van der Waals surface area (Å²) in [6.07, 6.45) is 1.69. The molecule has 0 radical (unpaired) electrons. The van der Waals surface area contributed by atoms with E-state index in [0.717, 1.165) is 16.4 Å². The van der Waals surface area contributed by atoms with Gasteiger partial charge in [0, 0.05) is 4.88 Å². The number of aryl methyl sites for hydroxylation is 2. The zero-order chi connectivity index (χ0) is 17.7. The lowest BCUT2D eigenvalue weighted by Crippen LogP contribution is -2.08. The van der Waals surface area contributed by atoms with Gasteiger partial charge in [-0.05, 0) is 52.3 Å². The molecular formula is C17H22ClN3O2S. The van der Waals surface area contributed by atoms with Gasteiger partial charge >= 0.3 is 0 Å². The van der Waals surface area contributed by atoms with Gasteiger partial charge < -0.3 is 9.47 Å². The van der Waals surface area contributed by atoms with E-state index in [2.05, 4.69) is 15.5 Å². The van der Waals surface area contributed by atoms with Crippen molar-refractivity contribution in [2.24, 2.45) is 5.10 Å². The maximum Gasteiger partial charge on any atom is 0.203 e. The Morgan fingerprint density at radius 3 is 2.71 bits per heavy atom. The van der Waals surface area contributed by atoms with Crippen LogP contribution in [0.15, 0.2) is 17.2 Å². The number of hydrazone groups is 1. The van der Waals surface area contributed by atoms with Crippen LogP contribution in [0, 0.1) is 13.8 Å². The van der Waals surface area contributed by atoms with Gasteiger partial charge in [-0.3, -0.25) is 5.43 Å². The molecule has 1 heterocycles. The second-order valence-electron chi connectivity index (χ2n) is 5.46. The van der Waals surface area contributed by atoms with Crippen molar-refractivity contribution in [2.75, 3.05) is 12.0 Å². The molecule has 0 atom stereocenters. The fraction of sp³-hybridized carbons (Fsp3) is 0.412. The van der Waals surface area contributed by atoms with E-state index >= 15 is 0 Å². The van der Waals surface area contributed by atoms with Crippen molar-refractivity contribution < 1.29 is 9.47 Å². The Kier molecular flexibility index (Phi) is 6.45. The summed E-state index contributed by atoms with van der Waals surface area (Å²) >= 11 is 7.90. The Hall–Kier alpha value is -1.79. The quantitative estimate of drug-likeness (QED) is 0.549. The second-order valence-corrected chi connectivity index (χ2v) is 7.07. The monoisotopic (exact) mass is 367 g/mol. The molecule has 130 valence electrons. The third-order valence-corrected chi connectivity index (χ3v) is 4.35. The first kappa shape index (κ1) is 18.5. The van der Waals surface area contributed by atoms with Crippen LogP contribution in [0.2, 0.25) is 5.02 Å². The van der Waals surface area contributed by atoms with Gasteiger partial charge in [0.2, 0.25) is 5.13 Å². The van der Waals surface area contributed by atoms with Crippen LogP contribution in [-0.2, 0) is 0 Å². The van der Waals surface area contributed by atoms with Crippen molar-refractivity contribution in [3.8, 4) is 11.5 Å². The van der Waals surface area contributed by atoms with E-state index in [9.17, 15) is 0 Å². The van der Waals surface area contributed by atoms with Crippen LogP contribution in [0.4, 0.5) is 5.13 Å². The zero-order valence-corrected chi connectivity index (χ0v) is 16.1. The Labute approximate surface area is 151 Å². The molecule has 0 amide bonds. The first-order valence-corrected chi connectivity index (χ1v) is 8.96. The molecule has 2 rings (SSSR count). The number of ether oxygens (including phenoxy) is 2. The topological polar surface area (TPSA) is 55.7 Å². The van der Waals surface area contributed by atoms with Crippen molar-refractivity contribution in [1.29, 1.82) is 0 Å². The van der Waals surface area contributed by atoms with Crippen LogP contribution in [-0.4, -0.2) is 23.9 Å². The average molecular weight is 368 g/mol. The number of rotatable bonds is 7. The molecule has 0 saturated heterocycles. The van der Waals surface area contributed by atoms with Crippen LogP contribution in [0.3, 0.4) is 0 Å². The maximum absolute atomic E-state index is 6.34. The number of thiazole rings is 1. The summed E-state index contributed by atoms with van der Waals surface area (Å²) in [5.74, 6) is 1.17. The highest BCUT2D eigenvalue weighted by atomic mass is 35.5. The summed E-state index contributed by atoms with van der Waals surface area (Å²) < 4.78 is 11.4. The predicted molar refractivity (Wildman–Crippen MR) is 101 cm³/mol. The minimum atomic E-state index is 0.0132. The van der Waals surface area contributed by atoms with Gasteiger partial charge in [-0.2, -0.15) is 5.10 Å². The number of anilines is 1. The highest BCUT2D eigenvalue weighted by Crippen LogP contribution is 2.37. The third kappa shape index (κ3) is 4.85. The van der Waals surface area contributed by atoms with E-state index in [1.54, 1.807) is 23.6 Å². The third-order valence-electron chi connectivity index (χ3n) is 3.09. The number of aromatic nitrogens is 1. The van der Waals surface area contributed by atoms with Crippen molar-refractivity contribution in [1.82, 2.24) is 4.98 Å². The number of benzene rings is 1. The Balaban J connectivity index is 2.18. The molecule has 7 heteroatoms. The van der Waals surface area contributed by atoms with Crippen LogP contribution < -0.4 is 14.9 Å². The molecule has 1 aromatic carbocycles. The first-order valence-electron chi connectivity index (χ1n) is 7.76. The number of hydrogen-bond acceptors (Lipinski definition) is 6. The molecular weight excluding hydrogens is 346 g/mol. The standard InChI is InChI=1S/C17H22ClN3O2S/c1-6-22-15-8-13(7-14(18)16(15)23-10(2)3)9-19-21-17-20-11(4)12(5)24-17/h7-10H,6H2,1-5H3,(H,20,21)/b19-9-.